The second-order valence-electron chi connectivity index (χ2n) is 6.59. The molecular formula is C16H18F3N3O3S. The first kappa shape index (κ1) is 20.1. The van der Waals surface area contributed by atoms with Gasteiger partial charge in [-0.2, -0.15) is 18.2 Å². The Morgan fingerprint density at radius 3 is 2.38 bits per heavy atom. The maximum Gasteiger partial charge on any atom is 0.471 e. The molecule has 0 atom stereocenters. The molecule has 0 fully saturated rings. The summed E-state index contributed by atoms with van der Waals surface area (Å²) < 4.78 is 41.8. The van der Waals surface area contributed by atoms with Crippen LogP contribution in [0.1, 0.15) is 38.5 Å². The molecule has 2 heterocycles. The number of Topliss-reactive ketones (excluding diaryl/α,β-unsaturated/α-hetero) is 1. The summed E-state index contributed by atoms with van der Waals surface area (Å²) in [6, 6.07) is 3.20. The first-order valence-corrected chi connectivity index (χ1v) is 8.58. The minimum Gasteiger partial charge on any atom is -0.331 e. The van der Waals surface area contributed by atoms with Gasteiger partial charge in [0.05, 0.1) is 11.4 Å². The highest BCUT2D eigenvalue weighted by molar-refractivity contribution is 7.15. The van der Waals surface area contributed by atoms with E-state index in [1.165, 1.54) is 4.90 Å². The molecule has 6 nitrogen and oxygen atoms in total. The van der Waals surface area contributed by atoms with E-state index in [0.29, 0.717) is 16.3 Å². The second kappa shape index (κ2) is 7.18. The van der Waals surface area contributed by atoms with Crippen LogP contribution in [0.3, 0.4) is 0 Å². The molecule has 0 saturated carbocycles. The zero-order chi connectivity index (χ0) is 19.7. The third kappa shape index (κ3) is 4.48. The number of halogens is 3. The smallest absolute Gasteiger partial charge is 0.331 e. The first-order chi connectivity index (χ1) is 11.9. The van der Waals surface area contributed by atoms with Crippen molar-refractivity contribution in [3.8, 4) is 10.7 Å². The molecule has 0 unspecified atom stereocenters. The van der Waals surface area contributed by atoms with Gasteiger partial charge in [0.1, 0.15) is 0 Å². The molecule has 0 bridgehead atoms. The van der Waals surface area contributed by atoms with Crippen molar-refractivity contribution in [2.75, 3.05) is 6.54 Å². The number of amides is 1. The zero-order valence-corrected chi connectivity index (χ0v) is 15.5. The van der Waals surface area contributed by atoms with Gasteiger partial charge >= 0.3 is 12.1 Å². The maximum absolute atomic E-state index is 12.5. The topological polar surface area (TPSA) is 76.3 Å². The van der Waals surface area contributed by atoms with Gasteiger partial charge in [-0.05, 0) is 19.1 Å². The lowest BCUT2D eigenvalue weighted by atomic mass is 9.90. The van der Waals surface area contributed by atoms with Gasteiger partial charge in [-0.25, -0.2) is 0 Å². The number of ketones is 1. The number of aromatic nitrogens is 2. The van der Waals surface area contributed by atoms with E-state index in [4.69, 9.17) is 0 Å². The predicted octanol–water partition coefficient (Wildman–Crippen LogP) is 3.78. The Labute approximate surface area is 152 Å². The van der Waals surface area contributed by atoms with Crippen LogP contribution in [0.5, 0.6) is 0 Å². The van der Waals surface area contributed by atoms with Gasteiger partial charge in [-0.15, -0.1) is 11.3 Å². The maximum atomic E-state index is 12.5. The largest absolute Gasteiger partial charge is 0.471 e. The van der Waals surface area contributed by atoms with Crippen molar-refractivity contribution in [1.82, 2.24) is 15.0 Å². The Balaban J connectivity index is 2.15. The number of likely N-dealkylation sites (N-methyl/N-ethyl adjacent to an activating group) is 1. The van der Waals surface area contributed by atoms with E-state index in [9.17, 15) is 22.8 Å². The van der Waals surface area contributed by atoms with E-state index in [-0.39, 0.29) is 12.4 Å². The first-order valence-electron chi connectivity index (χ1n) is 7.77. The van der Waals surface area contributed by atoms with Crippen LogP contribution in [0.25, 0.3) is 10.7 Å². The normalized spacial score (nSPS) is 12.3. The summed E-state index contributed by atoms with van der Waals surface area (Å²) in [5, 5.41) is 3.33. The summed E-state index contributed by atoms with van der Waals surface area (Å²) in [6.07, 6.45) is -4.70. The summed E-state index contributed by atoms with van der Waals surface area (Å²) >= 11 is 1.13. The molecule has 2 rings (SSSR count). The fourth-order valence-electron chi connectivity index (χ4n) is 2.00. The molecule has 142 valence electrons. The van der Waals surface area contributed by atoms with Crippen LogP contribution in [-0.4, -0.2) is 33.3 Å². The summed E-state index contributed by atoms with van der Waals surface area (Å²) in [6.45, 7) is 7.24. The third-order valence-corrected chi connectivity index (χ3v) is 4.51. The van der Waals surface area contributed by atoms with Gasteiger partial charge in [0, 0.05) is 16.8 Å². The van der Waals surface area contributed by atoms with E-state index in [0.717, 1.165) is 11.3 Å². The minimum atomic E-state index is -4.70. The quantitative estimate of drug-likeness (QED) is 0.728. The summed E-state index contributed by atoms with van der Waals surface area (Å²) in [5.41, 5.74) is -0.788. The summed E-state index contributed by atoms with van der Waals surface area (Å²) in [7, 11) is 0. The molecule has 0 aliphatic carbocycles. The van der Waals surface area contributed by atoms with Crippen molar-refractivity contribution in [2.24, 2.45) is 5.41 Å². The fourth-order valence-corrected chi connectivity index (χ4v) is 2.95. The zero-order valence-electron chi connectivity index (χ0n) is 14.7. The number of nitrogens with zero attached hydrogens (tertiary/aromatic N) is 3. The molecule has 2 aromatic heterocycles. The van der Waals surface area contributed by atoms with Crippen LogP contribution in [-0.2, 0) is 22.3 Å². The Kier molecular flexibility index (Phi) is 5.55. The van der Waals surface area contributed by atoms with Gasteiger partial charge in [0.25, 0.3) is 5.91 Å². The molecule has 0 aromatic carbocycles. The average molecular weight is 389 g/mol. The molecule has 0 saturated heterocycles. The Hall–Kier alpha value is -2.23. The third-order valence-electron chi connectivity index (χ3n) is 3.44. The van der Waals surface area contributed by atoms with Crippen LogP contribution in [0.4, 0.5) is 13.2 Å². The van der Waals surface area contributed by atoms with E-state index in [1.54, 1.807) is 39.8 Å². The average Bonchev–Trinajstić information content (AvgIpc) is 3.18. The van der Waals surface area contributed by atoms with Crippen LogP contribution >= 0.6 is 11.3 Å². The molecule has 0 aliphatic rings. The van der Waals surface area contributed by atoms with E-state index >= 15 is 0 Å². The Morgan fingerprint density at radius 2 is 1.88 bits per heavy atom. The van der Waals surface area contributed by atoms with Crippen molar-refractivity contribution < 1.29 is 27.3 Å². The Morgan fingerprint density at radius 1 is 1.23 bits per heavy atom. The molecule has 0 spiro atoms. The number of thiophene rings is 1. The van der Waals surface area contributed by atoms with Gasteiger partial charge in [0.15, 0.2) is 0 Å². The minimum absolute atomic E-state index is 0.172. The highest BCUT2D eigenvalue weighted by Gasteiger charge is 2.38. The molecule has 0 N–H and O–H groups in total. The summed E-state index contributed by atoms with van der Waals surface area (Å²) in [5.74, 6) is -2.67. The lowest BCUT2D eigenvalue weighted by Gasteiger charge is -2.23. The Bertz CT molecular complexity index is 806. The van der Waals surface area contributed by atoms with Gasteiger partial charge in [-0.3, -0.25) is 9.59 Å². The fraction of sp³-hybridized carbons (Fsp3) is 0.500. The second-order valence-corrected chi connectivity index (χ2v) is 7.75. The number of carbonyl (C=O) groups is 2. The number of hydrogen-bond acceptors (Lipinski definition) is 6. The number of alkyl halides is 3. The SMILES string of the molecule is CCN(Cc1ccc(-c2noc(C(F)(F)F)n2)s1)C(=O)C(=O)C(C)(C)C. The molecule has 10 heteroatoms. The van der Waals surface area contributed by atoms with E-state index in [2.05, 4.69) is 14.7 Å². The van der Waals surface area contributed by atoms with E-state index < -0.39 is 29.2 Å². The van der Waals surface area contributed by atoms with Crippen LogP contribution < -0.4 is 0 Å². The van der Waals surface area contributed by atoms with Crippen molar-refractivity contribution in [1.29, 1.82) is 0 Å². The molecule has 2 aromatic rings. The van der Waals surface area contributed by atoms with Crippen LogP contribution in [0.2, 0.25) is 0 Å². The van der Waals surface area contributed by atoms with Gasteiger partial charge in [-0.1, -0.05) is 25.9 Å². The number of rotatable bonds is 5. The molecular weight excluding hydrogens is 371 g/mol. The van der Waals surface area contributed by atoms with Crippen LogP contribution in [0.15, 0.2) is 16.7 Å². The highest BCUT2D eigenvalue weighted by atomic mass is 32.1. The van der Waals surface area contributed by atoms with Crippen LogP contribution in [0, 0.1) is 5.41 Å². The molecule has 26 heavy (non-hydrogen) atoms. The molecule has 1 amide bonds. The van der Waals surface area contributed by atoms with Crippen molar-refractivity contribution in [3.05, 3.63) is 22.9 Å². The summed E-state index contributed by atoms with van der Waals surface area (Å²) in [4.78, 5) is 30.3. The lowest BCUT2D eigenvalue weighted by molar-refractivity contribution is -0.159. The van der Waals surface area contributed by atoms with Gasteiger partial charge < -0.3 is 9.42 Å². The van der Waals surface area contributed by atoms with Crippen molar-refractivity contribution in [2.45, 2.75) is 40.4 Å². The highest BCUT2D eigenvalue weighted by Crippen LogP contribution is 2.32. The van der Waals surface area contributed by atoms with Crippen molar-refractivity contribution >= 4 is 23.0 Å². The number of carbonyl (C=O) groups excluding carboxylic acids is 2. The van der Waals surface area contributed by atoms with E-state index in [1.807, 2.05) is 0 Å². The lowest BCUT2D eigenvalue weighted by Crippen LogP contribution is -2.41. The monoisotopic (exact) mass is 389 g/mol. The van der Waals surface area contributed by atoms with Gasteiger partial charge in [0.2, 0.25) is 11.6 Å². The number of hydrogen-bond donors (Lipinski definition) is 0. The molecule has 0 aliphatic heterocycles. The standard InChI is InChI=1S/C16H18F3N3O3S/c1-5-22(13(24)11(23)15(2,3)4)8-9-6-7-10(26-9)12-20-14(25-21-12)16(17,18)19/h6-7H,5,8H2,1-4H3. The molecule has 0 radical (unpaired) electrons. The van der Waals surface area contributed by atoms with Crippen molar-refractivity contribution in [3.63, 3.8) is 0 Å². The predicted molar refractivity (Wildman–Crippen MR) is 88.2 cm³/mol.